The largest absolute Gasteiger partial charge is 0.350 e. The van der Waals surface area contributed by atoms with Gasteiger partial charge in [0.05, 0.1) is 9.80 Å². The minimum absolute atomic E-state index is 0.0183. The molecule has 0 aliphatic heterocycles. The Kier molecular flexibility index (Phi) is 5.49. The van der Waals surface area contributed by atoms with Gasteiger partial charge in [-0.15, -0.1) is 0 Å². The highest BCUT2D eigenvalue weighted by molar-refractivity contribution is 9.09. The van der Waals surface area contributed by atoms with Crippen molar-refractivity contribution in [2.75, 3.05) is 6.54 Å². The Hall–Kier alpha value is -0.950. The minimum atomic E-state index is -0.492. The van der Waals surface area contributed by atoms with Crippen LogP contribution >= 0.6 is 27.3 Å². The molecule has 5 nitrogen and oxygen atoms in total. The van der Waals surface area contributed by atoms with E-state index in [4.69, 9.17) is 0 Å². The Labute approximate surface area is 124 Å². The fourth-order valence-electron chi connectivity index (χ4n) is 1.58. The summed E-state index contributed by atoms with van der Waals surface area (Å²) < 4.78 is 0. The number of alkyl halides is 1. The molecule has 19 heavy (non-hydrogen) atoms. The monoisotopic (exact) mass is 348 g/mol. The van der Waals surface area contributed by atoms with Crippen LogP contribution in [0.4, 0.5) is 5.00 Å². The molecule has 1 atom stereocenters. The highest BCUT2D eigenvalue weighted by atomic mass is 79.9. The third-order valence-corrected chi connectivity index (χ3v) is 4.00. The maximum Gasteiger partial charge on any atom is 0.324 e. The second-order valence-electron chi connectivity index (χ2n) is 5.47. The van der Waals surface area contributed by atoms with Crippen molar-refractivity contribution in [3.8, 4) is 0 Å². The van der Waals surface area contributed by atoms with Crippen molar-refractivity contribution in [3.05, 3.63) is 27.1 Å². The quantitative estimate of drug-likeness (QED) is 0.502. The Morgan fingerprint density at radius 2 is 2.16 bits per heavy atom. The van der Waals surface area contributed by atoms with Crippen molar-refractivity contribution in [1.82, 2.24) is 5.32 Å². The van der Waals surface area contributed by atoms with Gasteiger partial charge in [0.2, 0.25) is 0 Å². The van der Waals surface area contributed by atoms with Gasteiger partial charge in [-0.1, -0.05) is 48.0 Å². The second-order valence-corrected chi connectivity index (χ2v) is 7.82. The predicted octanol–water partition coefficient (Wildman–Crippen LogP) is 3.59. The maximum atomic E-state index is 11.8. The summed E-state index contributed by atoms with van der Waals surface area (Å²) in [5.41, 5.74) is 0.181. The molecule has 1 rings (SSSR count). The van der Waals surface area contributed by atoms with Gasteiger partial charge in [0.1, 0.15) is 0 Å². The lowest BCUT2D eigenvalue weighted by Crippen LogP contribution is -2.30. The average molecular weight is 349 g/mol. The number of halogens is 1. The number of nitrogens with one attached hydrogen (secondary N) is 1. The number of rotatable bonds is 5. The van der Waals surface area contributed by atoms with E-state index >= 15 is 0 Å². The summed E-state index contributed by atoms with van der Waals surface area (Å²) in [7, 11) is 0. The lowest BCUT2D eigenvalue weighted by atomic mass is 9.90. The predicted molar refractivity (Wildman–Crippen MR) is 80.1 cm³/mol. The zero-order valence-corrected chi connectivity index (χ0v) is 13.5. The van der Waals surface area contributed by atoms with Crippen LogP contribution in [0.1, 0.15) is 36.9 Å². The molecule has 1 unspecified atom stereocenters. The van der Waals surface area contributed by atoms with Gasteiger partial charge < -0.3 is 5.32 Å². The third-order valence-electron chi connectivity index (χ3n) is 2.31. The molecule has 0 saturated heterocycles. The van der Waals surface area contributed by atoms with Crippen molar-refractivity contribution in [2.45, 2.75) is 32.0 Å². The zero-order valence-electron chi connectivity index (χ0n) is 11.1. The summed E-state index contributed by atoms with van der Waals surface area (Å²) in [6.07, 6.45) is 0.928. The summed E-state index contributed by atoms with van der Waals surface area (Å²) in [5, 5.41) is 13.3. The molecule has 0 bridgehead atoms. The van der Waals surface area contributed by atoms with Gasteiger partial charge in [-0.2, -0.15) is 0 Å². The molecular formula is C12H17BrN2O3S. The molecule has 0 aliphatic carbocycles. The number of hydrogen-bond donors (Lipinski definition) is 1. The van der Waals surface area contributed by atoms with Gasteiger partial charge in [-0.3, -0.25) is 14.9 Å². The van der Waals surface area contributed by atoms with Gasteiger partial charge in [-0.25, -0.2) is 0 Å². The number of carbonyl (C=O) groups is 1. The Morgan fingerprint density at radius 1 is 1.53 bits per heavy atom. The number of thiophene rings is 1. The van der Waals surface area contributed by atoms with Crippen LogP contribution in [0.15, 0.2) is 12.1 Å². The standard InChI is InChI=1S/C12H17BrN2O3S/c1-12(2,3)6-8(13)7-14-11(16)9-4-5-10(19-9)15(17)18/h4-5,8H,6-7H2,1-3H3,(H,14,16). The number of nitrogens with zero attached hydrogens (tertiary/aromatic N) is 1. The van der Waals surface area contributed by atoms with Crippen molar-refractivity contribution >= 4 is 38.2 Å². The molecular weight excluding hydrogens is 332 g/mol. The number of carbonyl (C=O) groups excluding carboxylic acids is 1. The Morgan fingerprint density at radius 3 is 2.63 bits per heavy atom. The summed E-state index contributed by atoms with van der Waals surface area (Å²) >= 11 is 4.41. The SMILES string of the molecule is CC(C)(C)CC(Br)CNC(=O)c1ccc([N+](=O)[O-])s1. The molecule has 1 heterocycles. The van der Waals surface area contributed by atoms with E-state index in [0.29, 0.717) is 11.4 Å². The number of nitro groups is 1. The molecule has 106 valence electrons. The first-order chi connectivity index (χ1) is 8.69. The van der Waals surface area contributed by atoms with E-state index in [1.165, 1.54) is 12.1 Å². The normalized spacial score (nSPS) is 13.1. The summed E-state index contributed by atoms with van der Waals surface area (Å²) in [6, 6.07) is 2.82. The van der Waals surface area contributed by atoms with Crippen LogP contribution in [-0.2, 0) is 0 Å². The summed E-state index contributed by atoms with van der Waals surface area (Å²) in [4.78, 5) is 22.4. The summed E-state index contributed by atoms with van der Waals surface area (Å²) in [5.74, 6) is -0.267. The highest BCUT2D eigenvalue weighted by Gasteiger charge is 2.19. The van der Waals surface area contributed by atoms with Crippen LogP contribution in [-0.4, -0.2) is 22.2 Å². The van der Waals surface area contributed by atoms with E-state index < -0.39 is 4.92 Å². The van der Waals surface area contributed by atoms with E-state index in [0.717, 1.165) is 17.8 Å². The maximum absolute atomic E-state index is 11.8. The minimum Gasteiger partial charge on any atom is -0.350 e. The average Bonchev–Trinajstić information content (AvgIpc) is 2.72. The van der Waals surface area contributed by atoms with Gasteiger partial charge in [0.25, 0.3) is 5.91 Å². The molecule has 0 fully saturated rings. The van der Waals surface area contributed by atoms with E-state index in [1.54, 1.807) is 0 Å². The van der Waals surface area contributed by atoms with Crippen LogP contribution in [0, 0.1) is 15.5 Å². The molecule has 1 aromatic rings. The first kappa shape index (κ1) is 16.1. The molecule has 1 aromatic heterocycles. The van der Waals surface area contributed by atoms with Crippen molar-refractivity contribution in [3.63, 3.8) is 0 Å². The Balaban J connectivity index is 2.49. The van der Waals surface area contributed by atoms with Crippen LogP contribution in [0.25, 0.3) is 0 Å². The first-order valence-electron chi connectivity index (χ1n) is 5.85. The molecule has 0 aliphatic rings. The topological polar surface area (TPSA) is 72.2 Å². The van der Waals surface area contributed by atoms with Gasteiger partial charge in [-0.05, 0) is 17.9 Å². The van der Waals surface area contributed by atoms with Crippen LogP contribution in [0.5, 0.6) is 0 Å². The highest BCUT2D eigenvalue weighted by Crippen LogP contribution is 2.25. The molecule has 0 saturated carbocycles. The zero-order chi connectivity index (χ0) is 14.6. The van der Waals surface area contributed by atoms with Gasteiger partial charge >= 0.3 is 5.00 Å². The van der Waals surface area contributed by atoms with Crippen LogP contribution < -0.4 is 5.32 Å². The number of amides is 1. The van der Waals surface area contributed by atoms with Crippen molar-refractivity contribution in [2.24, 2.45) is 5.41 Å². The molecule has 0 aromatic carbocycles. The van der Waals surface area contributed by atoms with Crippen molar-refractivity contribution < 1.29 is 9.72 Å². The van der Waals surface area contributed by atoms with E-state index in [9.17, 15) is 14.9 Å². The molecule has 0 radical (unpaired) electrons. The lowest BCUT2D eigenvalue weighted by molar-refractivity contribution is -0.380. The van der Waals surface area contributed by atoms with Gasteiger partial charge in [0, 0.05) is 17.4 Å². The fraction of sp³-hybridized carbons (Fsp3) is 0.583. The van der Waals surface area contributed by atoms with Gasteiger partial charge in [0.15, 0.2) is 0 Å². The molecule has 1 amide bonds. The Bertz CT molecular complexity index is 468. The first-order valence-corrected chi connectivity index (χ1v) is 7.59. The molecule has 1 N–H and O–H groups in total. The van der Waals surface area contributed by atoms with Crippen LogP contribution in [0.2, 0.25) is 0 Å². The van der Waals surface area contributed by atoms with E-state index in [1.807, 2.05) is 0 Å². The van der Waals surface area contributed by atoms with E-state index in [-0.39, 0.29) is 21.2 Å². The molecule has 0 spiro atoms. The smallest absolute Gasteiger partial charge is 0.324 e. The lowest BCUT2D eigenvalue weighted by Gasteiger charge is -2.22. The third kappa shape index (κ3) is 5.69. The second kappa shape index (κ2) is 6.47. The fourth-order valence-corrected chi connectivity index (χ4v) is 3.45. The van der Waals surface area contributed by atoms with Crippen molar-refractivity contribution in [1.29, 1.82) is 0 Å². The summed E-state index contributed by atoms with van der Waals surface area (Å²) in [6.45, 7) is 6.89. The number of hydrogen-bond acceptors (Lipinski definition) is 4. The van der Waals surface area contributed by atoms with E-state index in [2.05, 4.69) is 42.0 Å². The van der Waals surface area contributed by atoms with Crippen LogP contribution in [0.3, 0.4) is 0 Å². The molecule has 7 heteroatoms.